The van der Waals surface area contributed by atoms with Gasteiger partial charge in [0.25, 0.3) is 0 Å². The first kappa shape index (κ1) is 21.1. The van der Waals surface area contributed by atoms with E-state index in [9.17, 15) is 9.13 Å². The molecule has 1 aromatic carbocycles. The Morgan fingerprint density at radius 3 is 2.16 bits per heavy atom. The summed E-state index contributed by atoms with van der Waals surface area (Å²) in [6.45, 7) is 7.64. The second-order valence-corrected chi connectivity index (χ2v) is 10.3. The largest absolute Gasteiger partial charge is 0.360 e. The molecule has 1 aliphatic heterocycles. The molecule has 0 aromatic heterocycles. The third-order valence-corrected chi connectivity index (χ3v) is 9.44. The van der Waals surface area contributed by atoms with Gasteiger partial charge in [0.2, 0.25) is 0 Å². The smallest absolute Gasteiger partial charge is 0.308 e. The Morgan fingerprint density at radius 2 is 1.68 bits per heavy atom. The molecule has 1 heterocycles. The van der Waals surface area contributed by atoms with Gasteiger partial charge in [-0.1, -0.05) is 30.7 Å². The van der Waals surface area contributed by atoms with E-state index in [1.807, 2.05) is 6.92 Å². The van der Waals surface area contributed by atoms with Crippen molar-refractivity contribution < 1.29 is 27.2 Å². The Morgan fingerprint density at radius 1 is 1.12 bits per heavy atom. The van der Waals surface area contributed by atoms with Crippen LogP contribution >= 0.6 is 26.8 Å². The first-order valence-electron chi connectivity index (χ1n) is 8.38. The minimum absolute atomic E-state index is 0.203. The highest BCUT2D eigenvalue weighted by atomic mass is 35.5. The zero-order valence-corrected chi connectivity index (χ0v) is 17.4. The molecular weight excluding hydrogens is 386 g/mol. The van der Waals surface area contributed by atoms with Gasteiger partial charge in [-0.05, 0) is 38.5 Å². The molecule has 4 atom stereocenters. The van der Waals surface area contributed by atoms with Gasteiger partial charge in [0, 0.05) is 10.9 Å². The van der Waals surface area contributed by atoms with Crippen LogP contribution in [0.25, 0.3) is 0 Å². The van der Waals surface area contributed by atoms with E-state index in [0.717, 1.165) is 5.56 Å². The molecule has 142 valence electrons. The fourth-order valence-corrected chi connectivity index (χ4v) is 8.51. The molecule has 0 saturated carbocycles. The van der Waals surface area contributed by atoms with E-state index in [2.05, 4.69) is 0 Å². The molecule has 0 amide bonds. The van der Waals surface area contributed by atoms with Crippen molar-refractivity contribution >= 4 is 26.8 Å². The Balaban J connectivity index is 2.45. The maximum atomic E-state index is 13.4. The second kappa shape index (κ2) is 8.67. The molecule has 4 unspecified atom stereocenters. The highest BCUT2D eigenvalue weighted by molar-refractivity contribution is 7.58. The molecule has 2 rings (SSSR count). The maximum absolute atomic E-state index is 13.4. The number of benzene rings is 1. The zero-order chi connectivity index (χ0) is 18.7. The standard InChI is InChI=1S/C16H25ClO6P2/c1-5-20-24(18)15(13-8-10-14(17)11-9-13)12(4)16(23-24)25(19,21-6-2)22-7-3/h8-12,15-16H,5-7H2,1-4H3. The van der Waals surface area contributed by atoms with Gasteiger partial charge in [-0.3, -0.25) is 13.7 Å². The van der Waals surface area contributed by atoms with Gasteiger partial charge >= 0.3 is 15.2 Å². The summed E-state index contributed by atoms with van der Waals surface area (Å²) in [5, 5.41) is 0.576. The van der Waals surface area contributed by atoms with Crippen molar-refractivity contribution in [1.82, 2.24) is 0 Å². The predicted octanol–water partition coefficient (Wildman–Crippen LogP) is 5.87. The molecular formula is C16H25ClO6P2. The fraction of sp³-hybridized carbons (Fsp3) is 0.625. The van der Waals surface area contributed by atoms with Crippen molar-refractivity contribution in [3.8, 4) is 0 Å². The summed E-state index contributed by atoms with van der Waals surface area (Å²) in [7, 11) is -7.14. The van der Waals surface area contributed by atoms with Gasteiger partial charge in [-0.15, -0.1) is 0 Å². The molecule has 0 radical (unpaired) electrons. The molecule has 0 N–H and O–H groups in total. The normalized spacial score (nSPS) is 29.9. The molecule has 1 aliphatic rings. The van der Waals surface area contributed by atoms with E-state index < -0.39 is 26.7 Å². The molecule has 25 heavy (non-hydrogen) atoms. The Bertz CT molecular complexity index is 655. The van der Waals surface area contributed by atoms with Gasteiger partial charge in [0.1, 0.15) is 0 Å². The van der Waals surface area contributed by atoms with E-state index in [1.54, 1.807) is 45.0 Å². The summed E-state index contributed by atoms with van der Waals surface area (Å²) in [5.74, 6) is -1.34. The van der Waals surface area contributed by atoms with Gasteiger partial charge in [0.05, 0.1) is 25.5 Å². The minimum atomic E-state index is -3.59. The Labute approximate surface area is 154 Å². The zero-order valence-electron chi connectivity index (χ0n) is 14.9. The van der Waals surface area contributed by atoms with Crippen molar-refractivity contribution in [1.29, 1.82) is 0 Å². The topological polar surface area (TPSA) is 71.1 Å². The van der Waals surface area contributed by atoms with Gasteiger partial charge < -0.3 is 13.6 Å². The highest BCUT2D eigenvalue weighted by Gasteiger charge is 2.59. The first-order chi connectivity index (χ1) is 11.8. The average Bonchev–Trinajstić information content (AvgIpc) is 2.81. The summed E-state index contributed by atoms with van der Waals surface area (Å²) in [6.07, 6.45) is 0. The van der Waals surface area contributed by atoms with Crippen molar-refractivity contribution in [2.75, 3.05) is 19.8 Å². The number of halogens is 1. The van der Waals surface area contributed by atoms with Gasteiger partial charge in [0.15, 0.2) is 5.85 Å². The second-order valence-electron chi connectivity index (χ2n) is 5.68. The molecule has 6 nitrogen and oxygen atoms in total. The van der Waals surface area contributed by atoms with Crippen LogP contribution in [0.5, 0.6) is 0 Å². The number of rotatable bonds is 8. The summed E-state index contributed by atoms with van der Waals surface area (Å²) in [4.78, 5) is 0. The summed E-state index contributed by atoms with van der Waals surface area (Å²) in [5.41, 5.74) is 0.194. The summed E-state index contributed by atoms with van der Waals surface area (Å²) >= 11 is 5.95. The molecule has 0 bridgehead atoms. The van der Waals surface area contributed by atoms with Crippen LogP contribution in [0.3, 0.4) is 0 Å². The summed E-state index contributed by atoms with van der Waals surface area (Å²) in [6, 6.07) is 7.01. The minimum Gasteiger partial charge on any atom is -0.308 e. The van der Waals surface area contributed by atoms with Crippen molar-refractivity contribution in [3.63, 3.8) is 0 Å². The van der Waals surface area contributed by atoms with Crippen molar-refractivity contribution in [2.45, 2.75) is 39.2 Å². The Hall–Kier alpha value is -0.190. The van der Waals surface area contributed by atoms with E-state index >= 15 is 0 Å². The average molecular weight is 411 g/mol. The van der Waals surface area contributed by atoms with Gasteiger partial charge in [-0.25, -0.2) is 0 Å². The van der Waals surface area contributed by atoms with Crippen LogP contribution in [0.15, 0.2) is 24.3 Å². The first-order valence-corrected chi connectivity index (χ1v) is 12.0. The van der Waals surface area contributed by atoms with E-state index in [-0.39, 0.29) is 25.7 Å². The van der Waals surface area contributed by atoms with Crippen LogP contribution < -0.4 is 0 Å². The number of hydrogen-bond acceptors (Lipinski definition) is 6. The van der Waals surface area contributed by atoms with Crippen LogP contribution in [0.1, 0.15) is 38.9 Å². The monoisotopic (exact) mass is 410 g/mol. The molecule has 0 aliphatic carbocycles. The van der Waals surface area contributed by atoms with Crippen molar-refractivity contribution in [3.05, 3.63) is 34.9 Å². The van der Waals surface area contributed by atoms with E-state index in [1.165, 1.54) is 0 Å². The van der Waals surface area contributed by atoms with Gasteiger partial charge in [-0.2, -0.15) is 0 Å². The lowest BCUT2D eigenvalue weighted by Crippen LogP contribution is -2.20. The van der Waals surface area contributed by atoms with Crippen molar-refractivity contribution in [2.24, 2.45) is 5.92 Å². The van der Waals surface area contributed by atoms with E-state index in [0.29, 0.717) is 5.02 Å². The van der Waals surface area contributed by atoms with Crippen LogP contribution in [-0.2, 0) is 27.2 Å². The van der Waals surface area contributed by atoms with E-state index in [4.69, 9.17) is 29.7 Å². The molecule has 1 aromatic rings. The molecule has 1 fully saturated rings. The van der Waals surface area contributed by atoms with Crippen LogP contribution in [-0.4, -0.2) is 25.7 Å². The third kappa shape index (κ3) is 4.39. The SMILES string of the molecule is CCOP(=O)(OCC)C1OP(=O)(OCC)C(c2ccc(Cl)cc2)C1C. The third-order valence-electron chi connectivity index (χ3n) is 3.99. The molecule has 9 heteroatoms. The van der Waals surface area contributed by atoms with Crippen LogP contribution in [0, 0.1) is 5.92 Å². The summed E-state index contributed by atoms with van der Waals surface area (Å²) < 4.78 is 48.7. The van der Waals surface area contributed by atoms with Crippen LogP contribution in [0.4, 0.5) is 0 Å². The quantitative estimate of drug-likeness (QED) is 0.499. The highest BCUT2D eigenvalue weighted by Crippen LogP contribution is 2.76. The molecule has 1 saturated heterocycles. The molecule has 0 spiro atoms. The predicted molar refractivity (Wildman–Crippen MR) is 98.3 cm³/mol. The number of hydrogen-bond donors (Lipinski definition) is 0. The fourth-order valence-electron chi connectivity index (χ4n) is 3.08. The lowest BCUT2D eigenvalue weighted by molar-refractivity contribution is 0.142. The van der Waals surface area contributed by atoms with Crippen LogP contribution in [0.2, 0.25) is 5.02 Å². The maximum Gasteiger partial charge on any atom is 0.360 e. The Kier molecular flexibility index (Phi) is 7.32. The lowest BCUT2D eigenvalue weighted by Gasteiger charge is -2.25. The lowest BCUT2D eigenvalue weighted by atomic mass is 10.0.